The summed E-state index contributed by atoms with van der Waals surface area (Å²) in [7, 11) is 1.59. The van der Waals surface area contributed by atoms with Crippen molar-refractivity contribution in [2.45, 2.75) is 6.17 Å². The van der Waals surface area contributed by atoms with E-state index < -0.39 is 23.8 Å². The number of aromatic nitrogens is 3. The molecule has 1 aliphatic heterocycles. The predicted molar refractivity (Wildman–Crippen MR) is 116 cm³/mol. The van der Waals surface area contributed by atoms with Crippen molar-refractivity contribution in [3.8, 4) is 0 Å². The molecular weight excluding hydrogens is 411 g/mol. The summed E-state index contributed by atoms with van der Waals surface area (Å²) in [6.07, 6.45) is 5.07. The molecule has 2 aromatic carbocycles. The molecule has 1 atom stereocenters. The third-order valence-electron chi connectivity index (χ3n) is 5.27. The van der Waals surface area contributed by atoms with E-state index >= 15 is 0 Å². The van der Waals surface area contributed by atoms with Crippen LogP contribution in [-0.2, 0) is 4.79 Å². The Morgan fingerprint density at radius 1 is 1.00 bits per heavy atom. The van der Waals surface area contributed by atoms with E-state index in [9.17, 15) is 14.0 Å². The fourth-order valence-corrected chi connectivity index (χ4v) is 3.69. The number of hydrogen-bond acceptors (Lipinski definition) is 5. The number of hydrogen-bond donors (Lipinski definition) is 1. The van der Waals surface area contributed by atoms with Crippen LogP contribution >= 0.6 is 0 Å². The van der Waals surface area contributed by atoms with Gasteiger partial charge in [-0.2, -0.15) is 0 Å². The topological polar surface area (TPSA) is 92.0 Å². The van der Waals surface area contributed by atoms with Gasteiger partial charge in [-0.25, -0.2) is 19.4 Å². The molecule has 0 spiro atoms. The summed E-state index contributed by atoms with van der Waals surface area (Å²) in [5, 5.41) is 2.64. The number of nitrogens with zero attached hydrogens (tertiary/aromatic N) is 5. The van der Waals surface area contributed by atoms with Crippen LogP contribution in [0.4, 0.5) is 10.1 Å². The van der Waals surface area contributed by atoms with Crippen molar-refractivity contribution < 1.29 is 14.0 Å². The second kappa shape index (κ2) is 7.69. The number of carbonyl (C=O) groups excluding carboxylic acids is 2. The van der Waals surface area contributed by atoms with E-state index in [1.807, 2.05) is 0 Å². The van der Waals surface area contributed by atoms with Crippen LogP contribution in [0.2, 0.25) is 0 Å². The number of aliphatic imine (C=N–C) groups is 1. The van der Waals surface area contributed by atoms with Gasteiger partial charge in [0.15, 0.2) is 11.3 Å². The highest BCUT2D eigenvalue weighted by atomic mass is 19.1. The average Bonchev–Trinajstić information content (AvgIpc) is 3.27. The van der Waals surface area contributed by atoms with Crippen molar-refractivity contribution in [2.75, 3.05) is 11.9 Å². The van der Waals surface area contributed by atoms with Gasteiger partial charge < -0.3 is 14.6 Å². The zero-order valence-electron chi connectivity index (χ0n) is 16.9. The molecule has 5 rings (SSSR count). The largest absolute Gasteiger partial charge is 0.321 e. The van der Waals surface area contributed by atoms with Crippen LogP contribution in [0.1, 0.15) is 21.6 Å². The molecule has 0 aliphatic carbocycles. The summed E-state index contributed by atoms with van der Waals surface area (Å²) in [6, 6.07) is 13.3. The van der Waals surface area contributed by atoms with E-state index in [1.54, 1.807) is 72.5 Å². The van der Waals surface area contributed by atoms with E-state index in [2.05, 4.69) is 20.3 Å². The second-order valence-corrected chi connectivity index (χ2v) is 7.18. The molecule has 0 radical (unpaired) electrons. The number of nitrogens with one attached hydrogen (secondary N) is 1. The van der Waals surface area contributed by atoms with Gasteiger partial charge in [0.25, 0.3) is 11.8 Å². The molecule has 4 aromatic rings. The maximum atomic E-state index is 14.7. The molecular formula is C23H17FN6O2. The quantitative estimate of drug-likeness (QED) is 0.543. The normalized spacial score (nSPS) is 15.8. The number of benzodiazepines with no additional fused rings is 1. The number of rotatable bonds is 3. The zero-order valence-corrected chi connectivity index (χ0v) is 16.9. The van der Waals surface area contributed by atoms with Crippen LogP contribution < -0.4 is 10.2 Å². The van der Waals surface area contributed by atoms with Gasteiger partial charge in [-0.1, -0.05) is 30.3 Å². The molecule has 0 saturated carbocycles. The molecule has 9 heteroatoms. The van der Waals surface area contributed by atoms with E-state index in [-0.39, 0.29) is 17.0 Å². The van der Waals surface area contributed by atoms with Crippen LogP contribution in [0.25, 0.3) is 5.65 Å². The van der Waals surface area contributed by atoms with Gasteiger partial charge in [0.05, 0.1) is 11.4 Å². The Bertz CT molecular complexity index is 1400. The van der Waals surface area contributed by atoms with Crippen molar-refractivity contribution in [2.24, 2.45) is 4.99 Å². The van der Waals surface area contributed by atoms with Crippen LogP contribution in [0.3, 0.4) is 0 Å². The van der Waals surface area contributed by atoms with E-state index in [1.165, 1.54) is 17.2 Å². The lowest BCUT2D eigenvalue weighted by molar-refractivity contribution is -0.119. The Kier molecular flexibility index (Phi) is 4.70. The molecule has 1 aliphatic rings. The van der Waals surface area contributed by atoms with Gasteiger partial charge in [-0.3, -0.25) is 9.59 Å². The van der Waals surface area contributed by atoms with Gasteiger partial charge in [-0.05, 0) is 18.2 Å². The summed E-state index contributed by atoms with van der Waals surface area (Å²) in [5.41, 5.74) is 2.05. The van der Waals surface area contributed by atoms with Crippen molar-refractivity contribution in [3.05, 3.63) is 96.0 Å². The Balaban J connectivity index is 1.61. The molecule has 1 N–H and O–H groups in total. The third kappa shape index (κ3) is 3.20. The van der Waals surface area contributed by atoms with E-state index in [0.717, 1.165) is 0 Å². The smallest absolute Gasteiger partial charge is 0.275 e. The highest BCUT2D eigenvalue weighted by molar-refractivity contribution is 6.20. The molecule has 0 fully saturated rings. The number of carbonyl (C=O) groups is 2. The monoisotopic (exact) mass is 428 g/mol. The van der Waals surface area contributed by atoms with Gasteiger partial charge in [0, 0.05) is 43.0 Å². The Morgan fingerprint density at radius 2 is 1.69 bits per heavy atom. The minimum atomic E-state index is -1.29. The molecule has 3 heterocycles. The first kappa shape index (κ1) is 19.6. The number of likely N-dealkylation sites (N-methyl/N-ethyl adjacent to an activating group) is 1. The van der Waals surface area contributed by atoms with E-state index in [4.69, 9.17) is 0 Å². The van der Waals surface area contributed by atoms with Gasteiger partial charge in [-0.15, -0.1) is 0 Å². The first-order valence-corrected chi connectivity index (χ1v) is 9.83. The van der Waals surface area contributed by atoms with Crippen molar-refractivity contribution in [1.82, 2.24) is 19.7 Å². The summed E-state index contributed by atoms with van der Waals surface area (Å²) in [6.45, 7) is 0. The number of para-hydroxylation sites is 1. The minimum absolute atomic E-state index is 0.0531. The van der Waals surface area contributed by atoms with Crippen molar-refractivity contribution >= 4 is 28.9 Å². The molecule has 0 bridgehead atoms. The third-order valence-corrected chi connectivity index (χ3v) is 5.27. The maximum Gasteiger partial charge on any atom is 0.275 e. The molecule has 1 unspecified atom stereocenters. The highest BCUT2D eigenvalue weighted by Gasteiger charge is 2.32. The Morgan fingerprint density at radius 3 is 2.47 bits per heavy atom. The lowest BCUT2D eigenvalue weighted by atomic mass is 10.00. The molecule has 2 amide bonds. The number of imidazole rings is 1. The minimum Gasteiger partial charge on any atom is -0.321 e. The van der Waals surface area contributed by atoms with Crippen LogP contribution in [0.15, 0.2) is 78.3 Å². The number of amides is 2. The Labute approximate surface area is 182 Å². The zero-order chi connectivity index (χ0) is 22.2. The standard InChI is InChI=1S/C23H17FN6O2/c1-29-17-9-5-3-7-15(17)18(14-6-2-4-8-16(14)24)27-20(23(29)32)28-22(31)19-21-26-11-13-30(21)12-10-25-19/h2-13,20H,1H3,(H,28,31). The number of halogens is 1. The summed E-state index contributed by atoms with van der Waals surface area (Å²) < 4.78 is 16.3. The lowest BCUT2D eigenvalue weighted by Crippen LogP contribution is -2.46. The number of anilines is 1. The van der Waals surface area contributed by atoms with Gasteiger partial charge in [0.1, 0.15) is 5.82 Å². The van der Waals surface area contributed by atoms with Crippen LogP contribution in [0, 0.1) is 5.82 Å². The van der Waals surface area contributed by atoms with E-state index in [0.29, 0.717) is 16.9 Å². The fraction of sp³-hybridized carbons (Fsp3) is 0.0870. The lowest BCUT2D eigenvalue weighted by Gasteiger charge is -2.20. The molecule has 158 valence electrons. The number of benzene rings is 2. The highest BCUT2D eigenvalue weighted by Crippen LogP contribution is 2.28. The first-order chi connectivity index (χ1) is 15.5. The Hall–Kier alpha value is -4.40. The SMILES string of the molecule is CN1C(=O)C(NC(=O)c2nccn3ccnc23)N=C(c2ccccc2F)c2ccccc21. The molecule has 8 nitrogen and oxygen atoms in total. The molecule has 2 aromatic heterocycles. The first-order valence-electron chi connectivity index (χ1n) is 9.83. The summed E-state index contributed by atoms with van der Waals surface area (Å²) in [5.74, 6) is -1.56. The van der Waals surface area contributed by atoms with Gasteiger partial charge in [0.2, 0.25) is 6.17 Å². The maximum absolute atomic E-state index is 14.7. The average molecular weight is 428 g/mol. The number of fused-ring (bicyclic) bond motifs is 2. The second-order valence-electron chi connectivity index (χ2n) is 7.18. The summed E-state index contributed by atoms with van der Waals surface area (Å²) in [4.78, 5) is 40.4. The fourth-order valence-electron chi connectivity index (χ4n) is 3.69. The summed E-state index contributed by atoms with van der Waals surface area (Å²) >= 11 is 0. The van der Waals surface area contributed by atoms with Crippen LogP contribution in [-0.4, -0.2) is 45.1 Å². The van der Waals surface area contributed by atoms with Crippen molar-refractivity contribution in [3.63, 3.8) is 0 Å². The molecule has 0 saturated heterocycles. The van der Waals surface area contributed by atoms with Crippen molar-refractivity contribution in [1.29, 1.82) is 0 Å². The van der Waals surface area contributed by atoms with Crippen LogP contribution in [0.5, 0.6) is 0 Å². The predicted octanol–water partition coefficient (Wildman–Crippen LogP) is 2.44. The van der Waals surface area contributed by atoms with Gasteiger partial charge >= 0.3 is 0 Å². The molecule has 32 heavy (non-hydrogen) atoms.